The molecular formula is C19H17ClFN5S. The topological polar surface area (TPSA) is 64.8 Å². The molecule has 0 saturated carbocycles. The molecule has 1 aliphatic rings. The minimum atomic E-state index is -1.45. The Morgan fingerprint density at radius 1 is 1.48 bits per heavy atom. The highest BCUT2D eigenvalue weighted by atomic mass is 35.5. The van der Waals surface area contributed by atoms with Gasteiger partial charge >= 0.3 is 0 Å². The normalized spacial score (nSPS) is 21.7. The molecule has 3 heterocycles. The van der Waals surface area contributed by atoms with Gasteiger partial charge in [0.05, 0.1) is 22.1 Å². The van der Waals surface area contributed by atoms with Gasteiger partial charge in [0.15, 0.2) is 1.41 Å². The predicted octanol–water partition coefficient (Wildman–Crippen LogP) is 4.43. The molecule has 27 heavy (non-hydrogen) atoms. The van der Waals surface area contributed by atoms with E-state index in [1.807, 2.05) is 0 Å². The van der Waals surface area contributed by atoms with Crippen LogP contribution in [0.5, 0.6) is 0 Å². The third-order valence-corrected chi connectivity index (χ3v) is 5.16. The Morgan fingerprint density at radius 3 is 3.07 bits per heavy atom. The fourth-order valence-electron chi connectivity index (χ4n) is 2.74. The van der Waals surface area contributed by atoms with E-state index in [1.54, 1.807) is 4.90 Å². The Bertz CT molecular complexity index is 1330. The van der Waals surface area contributed by atoms with Crippen LogP contribution < -0.4 is 5.31 Å². The number of benzene rings is 1. The molecule has 0 amide bonds. The summed E-state index contributed by atoms with van der Waals surface area (Å²) in [5.41, 5.74) is -0.918. The molecule has 1 N–H and O–H groups in total. The van der Waals surface area contributed by atoms with Crippen LogP contribution in [0.3, 0.4) is 0 Å². The smallest absolute Gasteiger partial charge is 0.162 e. The van der Waals surface area contributed by atoms with Crippen LogP contribution in [-0.2, 0) is 6.52 Å². The Hall–Kier alpha value is -2.27. The largest absolute Gasteiger partial charge is 0.367 e. The first kappa shape index (κ1) is 11.5. The van der Waals surface area contributed by atoms with Crippen molar-refractivity contribution in [1.29, 1.82) is 5.26 Å². The van der Waals surface area contributed by atoms with Gasteiger partial charge in [-0.1, -0.05) is 17.6 Å². The van der Waals surface area contributed by atoms with Gasteiger partial charge in [-0.05, 0) is 36.5 Å². The molecule has 0 bridgehead atoms. The van der Waals surface area contributed by atoms with Crippen LogP contribution in [0.4, 0.5) is 10.2 Å². The van der Waals surface area contributed by atoms with Gasteiger partial charge in [-0.3, -0.25) is 4.90 Å². The molecule has 5 nitrogen and oxygen atoms in total. The van der Waals surface area contributed by atoms with Gasteiger partial charge in [0.2, 0.25) is 0 Å². The quantitative estimate of drug-likeness (QED) is 0.691. The van der Waals surface area contributed by atoms with Crippen LogP contribution in [-0.4, -0.2) is 34.0 Å². The van der Waals surface area contributed by atoms with E-state index in [4.69, 9.17) is 26.5 Å². The van der Waals surface area contributed by atoms with E-state index in [9.17, 15) is 4.39 Å². The summed E-state index contributed by atoms with van der Waals surface area (Å²) in [6.07, 6.45) is 1.42. The number of hydrogen-bond donors (Lipinski definition) is 1. The number of rotatable bonds is 4. The first-order valence-electron chi connectivity index (χ1n) is 11.6. The molecule has 2 aromatic heterocycles. The fraction of sp³-hybridized carbons (Fsp3) is 0.316. The van der Waals surface area contributed by atoms with Crippen molar-refractivity contribution in [2.75, 3.05) is 18.4 Å². The molecule has 1 unspecified atom stereocenters. The first-order valence-corrected chi connectivity index (χ1v) is 9.25. The third kappa shape index (κ3) is 4.03. The number of thiophene rings is 1. The third-order valence-electron chi connectivity index (χ3n) is 4.05. The lowest BCUT2D eigenvalue weighted by Gasteiger charge is -2.32. The highest BCUT2D eigenvalue weighted by Crippen LogP contribution is 2.32. The fourth-order valence-corrected chi connectivity index (χ4v) is 3.72. The summed E-state index contributed by atoms with van der Waals surface area (Å²) in [7, 11) is 0. The van der Waals surface area contributed by atoms with Crippen LogP contribution in [0, 0.1) is 17.1 Å². The first-order chi connectivity index (χ1) is 16.0. The molecular weight excluding hydrogens is 385 g/mol. The molecule has 8 heteroatoms. The van der Waals surface area contributed by atoms with Crippen LogP contribution in [0.1, 0.15) is 32.2 Å². The molecule has 3 aromatic rings. The van der Waals surface area contributed by atoms with E-state index in [2.05, 4.69) is 9.97 Å². The molecule has 1 fully saturated rings. The molecule has 0 radical (unpaired) electrons. The maximum atomic E-state index is 14.1. The predicted molar refractivity (Wildman–Crippen MR) is 105 cm³/mol. The minimum Gasteiger partial charge on any atom is -0.367 e. The van der Waals surface area contributed by atoms with Crippen molar-refractivity contribution < 1.29 is 14.0 Å². The van der Waals surface area contributed by atoms with Crippen molar-refractivity contribution in [3.8, 4) is 6.07 Å². The summed E-state index contributed by atoms with van der Waals surface area (Å²) < 4.78 is 72.4. The van der Waals surface area contributed by atoms with Crippen molar-refractivity contribution >= 4 is 39.0 Å². The SMILES string of the molecule is [2H]c1c([2H])c(C([2H])N2CCC([2H])(N([2H])c3ncnc4sc(Cl)c([2H])c34)CC2)c([2H])c(C#N)c1F. The van der Waals surface area contributed by atoms with E-state index in [1.165, 1.54) is 12.4 Å². The maximum absolute atomic E-state index is 14.1. The second-order valence-corrected chi connectivity index (χ2v) is 7.41. The number of fused-ring (bicyclic) bond motifs is 1. The summed E-state index contributed by atoms with van der Waals surface area (Å²) in [5.74, 6) is -1.16. The zero-order chi connectivity index (χ0) is 24.9. The Kier molecular flexibility index (Phi) is 3.32. The summed E-state index contributed by atoms with van der Waals surface area (Å²) in [6, 6.07) is -1.98. The van der Waals surface area contributed by atoms with Crippen molar-refractivity contribution in [3.05, 3.63) is 51.8 Å². The van der Waals surface area contributed by atoms with E-state index < -0.39 is 42.0 Å². The van der Waals surface area contributed by atoms with Crippen LogP contribution in [0.15, 0.2) is 30.5 Å². The molecule has 4 rings (SSSR count). The van der Waals surface area contributed by atoms with E-state index >= 15 is 0 Å². The van der Waals surface area contributed by atoms with Gasteiger partial charge in [0.1, 0.15) is 28.9 Å². The number of anilines is 1. The number of hydrogen-bond acceptors (Lipinski definition) is 6. The highest BCUT2D eigenvalue weighted by Gasteiger charge is 2.21. The lowest BCUT2D eigenvalue weighted by Crippen LogP contribution is -2.38. The number of nitrogens with zero attached hydrogens (tertiary/aromatic N) is 4. The molecule has 138 valence electrons. The highest BCUT2D eigenvalue weighted by molar-refractivity contribution is 7.22. The second-order valence-electron chi connectivity index (χ2n) is 5.81. The van der Waals surface area contributed by atoms with Gasteiger partial charge in [-0.2, -0.15) is 5.26 Å². The molecule has 1 saturated heterocycles. The number of aromatic nitrogens is 2. The summed E-state index contributed by atoms with van der Waals surface area (Å²) in [6.45, 7) is -1.06. The Morgan fingerprint density at radius 2 is 2.30 bits per heavy atom. The maximum Gasteiger partial charge on any atom is 0.162 e. The van der Waals surface area contributed by atoms with Crippen LogP contribution in [0.25, 0.3) is 10.2 Å². The van der Waals surface area contributed by atoms with Gasteiger partial charge in [-0.25, -0.2) is 14.4 Å². The number of nitrogens with one attached hydrogen (secondary N) is 1. The average Bonchev–Trinajstić information content (AvgIpc) is 3.11. The van der Waals surface area contributed by atoms with E-state index in [0.717, 1.165) is 16.6 Å². The standard InChI is InChI=1S/C19H17ClFN5S/c20-17-8-15-18(23-11-24-19(15)27-17)25-14-3-5-26(6-4-14)10-12-1-2-16(21)13(7-12)9-22/h1-2,7-8,11,14H,3-6,10H2,(H,23,24,25)/i1D,2D,7D,8D,10D,14D/hD. The van der Waals surface area contributed by atoms with Crippen LogP contribution >= 0.6 is 22.9 Å². The molecule has 1 atom stereocenters. The van der Waals surface area contributed by atoms with Gasteiger partial charge < -0.3 is 5.31 Å². The number of nitriles is 1. The zero-order valence-corrected chi connectivity index (χ0v) is 15.5. The molecule has 0 aliphatic carbocycles. The lowest BCUT2D eigenvalue weighted by atomic mass is 10.0. The Balaban J connectivity index is 1.59. The van der Waals surface area contributed by atoms with Crippen LogP contribution in [0.2, 0.25) is 5.75 Å². The van der Waals surface area contributed by atoms with Crippen molar-refractivity contribution in [2.45, 2.75) is 25.4 Å². The molecule has 1 aliphatic heterocycles. The van der Waals surface area contributed by atoms with Crippen molar-refractivity contribution in [1.82, 2.24) is 14.9 Å². The summed E-state index contributed by atoms with van der Waals surface area (Å²) in [5, 5.41) is 10.4. The number of halogens is 2. The zero-order valence-electron chi connectivity index (χ0n) is 20.9. The second kappa shape index (κ2) is 7.77. The van der Waals surface area contributed by atoms with Gasteiger partial charge in [0.25, 0.3) is 0 Å². The van der Waals surface area contributed by atoms with Gasteiger partial charge in [0, 0.05) is 27.0 Å². The summed E-state index contributed by atoms with van der Waals surface area (Å²) >= 11 is 7.14. The number of likely N-dealkylation sites (tertiary alicyclic amines) is 1. The van der Waals surface area contributed by atoms with E-state index in [0.29, 0.717) is 4.83 Å². The number of piperidine rings is 1. The molecule has 0 spiro atoms. The van der Waals surface area contributed by atoms with Crippen molar-refractivity contribution in [2.24, 2.45) is 0 Å². The monoisotopic (exact) mass is 408 g/mol. The summed E-state index contributed by atoms with van der Waals surface area (Å²) in [4.78, 5) is 10.2. The minimum absolute atomic E-state index is 0.0106. The Labute approximate surface area is 175 Å². The lowest BCUT2D eigenvalue weighted by molar-refractivity contribution is 0.211. The van der Waals surface area contributed by atoms with Crippen molar-refractivity contribution in [3.63, 3.8) is 0 Å². The van der Waals surface area contributed by atoms with Gasteiger partial charge in [-0.15, -0.1) is 11.3 Å². The molecule has 1 aromatic carbocycles. The average molecular weight is 409 g/mol. The van der Waals surface area contributed by atoms with E-state index in [-0.39, 0.29) is 53.1 Å².